The summed E-state index contributed by atoms with van der Waals surface area (Å²) < 4.78 is 107. The molecule has 6 nitrogen and oxygen atoms in total. The number of nitrogens with zero attached hydrogens (tertiary/aromatic N) is 2. The molecule has 30 heavy (non-hydrogen) atoms. The molecule has 0 aliphatic rings. The number of rotatable bonds is 5. The lowest BCUT2D eigenvalue weighted by molar-refractivity contribution is 0.545. The van der Waals surface area contributed by atoms with Crippen molar-refractivity contribution in [1.29, 1.82) is 0 Å². The van der Waals surface area contributed by atoms with Gasteiger partial charge >= 0.3 is 0 Å². The van der Waals surface area contributed by atoms with E-state index in [1.807, 2.05) is 0 Å². The zero-order chi connectivity index (χ0) is 22.3. The van der Waals surface area contributed by atoms with Crippen LogP contribution in [-0.2, 0) is 20.0 Å². The highest BCUT2D eigenvalue weighted by Gasteiger charge is 2.40. The van der Waals surface area contributed by atoms with E-state index >= 15 is 0 Å². The highest BCUT2D eigenvalue weighted by atomic mass is 79.9. The first-order valence-electron chi connectivity index (χ1n) is 7.76. The van der Waals surface area contributed by atoms with Crippen LogP contribution in [0.5, 0.6) is 0 Å². The van der Waals surface area contributed by atoms with E-state index in [0.717, 1.165) is 12.3 Å². The molecule has 3 aromatic rings. The van der Waals surface area contributed by atoms with Crippen molar-refractivity contribution in [1.82, 2.24) is 4.98 Å². The maximum Gasteiger partial charge on any atom is 0.280 e. The standard InChI is InChI=1S/C17H9BrF4N2O4S2/c18-10-5-13(9-23-8-10)24(29(25,26)16-3-1-11(19)6-14(16)21)30(27,28)17-4-2-12(20)7-15(17)22/h1-9H. The Labute approximate surface area is 177 Å². The van der Waals surface area contributed by atoms with Gasteiger partial charge in [0.25, 0.3) is 20.0 Å². The molecule has 0 amide bonds. The number of hydrogen-bond donors (Lipinski definition) is 0. The molecule has 2 aromatic carbocycles. The largest absolute Gasteiger partial charge is 0.280 e. The van der Waals surface area contributed by atoms with Gasteiger partial charge in [0.05, 0.1) is 11.9 Å². The van der Waals surface area contributed by atoms with Crippen molar-refractivity contribution in [3.8, 4) is 0 Å². The molecule has 1 heterocycles. The topological polar surface area (TPSA) is 84.4 Å². The zero-order valence-corrected chi connectivity index (χ0v) is 17.6. The summed E-state index contributed by atoms with van der Waals surface area (Å²) in [5, 5.41) is 0. The Morgan fingerprint density at radius 3 is 1.60 bits per heavy atom. The number of halogens is 5. The number of sulfonamides is 2. The summed E-state index contributed by atoms with van der Waals surface area (Å²) in [5.74, 6) is -5.35. The van der Waals surface area contributed by atoms with Gasteiger partial charge in [-0.15, -0.1) is 0 Å². The second kappa shape index (κ2) is 7.96. The van der Waals surface area contributed by atoms with Gasteiger partial charge in [0.2, 0.25) is 0 Å². The minimum Gasteiger partial charge on any atom is -0.261 e. The summed E-state index contributed by atoms with van der Waals surface area (Å²) in [6.45, 7) is 0. The smallest absolute Gasteiger partial charge is 0.261 e. The lowest BCUT2D eigenvalue weighted by Gasteiger charge is -2.24. The summed E-state index contributed by atoms with van der Waals surface area (Å²) in [7, 11) is -10.5. The molecule has 0 aliphatic heterocycles. The molecular weight excluding hydrogens is 516 g/mol. The van der Waals surface area contributed by atoms with Crippen LogP contribution in [0.25, 0.3) is 0 Å². The van der Waals surface area contributed by atoms with Crippen LogP contribution < -0.4 is 3.71 Å². The first-order valence-corrected chi connectivity index (χ1v) is 11.4. The highest BCUT2D eigenvalue weighted by molar-refractivity contribution is 9.10. The molecule has 0 fully saturated rings. The SMILES string of the molecule is O=S(=O)(c1ccc(F)cc1F)N(c1cncc(Br)c1)S(=O)(=O)c1ccc(F)cc1F. The first kappa shape index (κ1) is 22.2. The molecule has 3 rings (SSSR count). The van der Waals surface area contributed by atoms with E-state index in [-0.39, 0.29) is 20.3 Å². The summed E-state index contributed by atoms with van der Waals surface area (Å²) in [4.78, 5) is 1.30. The summed E-state index contributed by atoms with van der Waals surface area (Å²) in [6.07, 6.45) is 2.03. The van der Waals surface area contributed by atoms with Crippen LogP contribution in [0, 0.1) is 23.3 Å². The Bertz CT molecular complexity index is 1270. The van der Waals surface area contributed by atoms with Gasteiger partial charge < -0.3 is 0 Å². The second-order valence-corrected chi connectivity index (χ2v) is 10.4. The minimum atomic E-state index is -5.27. The third kappa shape index (κ3) is 4.04. The summed E-state index contributed by atoms with van der Waals surface area (Å²) in [5.41, 5.74) is -0.600. The molecular formula is C17H9BrF4N2O4S2. The monoisotopic (exact) mass is 524 g/mol. The third-order valence-electron chi connectivity index (χ3n) is 3.68. The molecule has 0 N–H and O–H groups in total. The van der Waals surface area contributed by atoms with Crippen molar-refractivity contribution in [3.05, 3.63) is 82.6 Å². The van der Waals surface area contributed by atoms with Crippen molar-refractivity contribution < 1.29 is 34.4 Å². The fourth-order valence-corrected chi connectivity index (χ4v) is 6.53. The molecule has 158 valence electrons. The number of anilines is 1. The van der Waals surface area contributed by atoms with Crippen LogP contribution in [0.4, 0.5) is 23.2 Å². The zero-order valence-electron chi connectivity index (χ0n) is 14.4. The van der Waals surface area contributed by atoms with E-state index < -0.39 is 58.8 Å². The highest BCUT2D eigenvalue weighted by Crippen LogP contribution is 2.33. The van der Waals surface area contributed by atoms with Crippen molar-refractivity contribution >= 4 is 41.7 Å². The summed E-state index contributed by atoms with van der Waals surface area (Å²) in [6, 6.07) is 3.77. The van der Waals surface area contributed by atoms with Gasteiger partial charge in [-0.2, -0.15) is 20.5 Å². The van der Waals surface area contributed by atoms with Gasteiger partial charge in [-0.05, 0) is 46.3 Å². The fourth-order valence-electron chi connectivity index (χ4n) is 2.45. The molecule has 0 atom stereocenters. The molecule has 0 radical (unpaired) electrons. The average molecular weight is 525 g/mol. The van der Waals surface area contributed by atoms with E-state index in [4.69, 9.17) is 0 Å². The molecule has 0 aliphatic carbocycles. The van der Waals surface area contributed by atoms with Gasteiger partial charge in [0.1, 0.15) is 33.1 Å². The van der Waals surface area contributed by atoms with Crippen molar-refractivity contribution in [2.75, 3.05) is 3.71 Å². The van der Waals surface area contributed by atoms with Crippen LogP contribution in [0.3, 0.4) is 0 Å². The van der Waals surface area contributed by atoms with E-state index in [2.05, 4.69) is 20.9 Å². The molecule has 0 saturated carbocycles. The molecule has 13 heteroatoms. The Balaban J connectivity index is 2.34. The van der Waals surface area contributed by atoms with Crippen molar-refractivity contribution in [3.63, 3.8) is 0 Å². The van der Waals surface area contributed by atoms with Crippen LogP contribution in [0.2, 0.25) is 0 Å². The first-order chi connectivity index (χ1) is 13.9. The van der Waals surface area contributed by atoms with E-state index in [9.17, 15) is 34.4 Å². The minimum absolute atomic E-state index is 0.148. The Hall–Kier alpha value is -2.51. The normalized spacial score (nSPS) is 12.0. The Morgan fingerprint density at radius 1 is 0.733 bits per heavy atom. The fraction of sp³-hybridized carbons (Fsp3) is 0. The van der Waals surface area contributed by atoms with E-state index in [0.29, 0.717) is 24.3 Å². The lowest BCUT2D eigenvalue weighted by atomic mass is 10.3. The molecule has 0 spiro atoms. The van der Waals surface area contributed by atoms with E-state index in [1.54, 1.807) is 0 Å². The molecule has 0 bridgehead atoms. The Kier molecular flexibility index (Phi) is 5.89. The maximum absolute atomic E-state index is 14.2. The van der Waals surface area contributed by atoms with Gasteiger partial charge in [-0.3, -0.25) is 4.98 Å². The predicted molar refractivity (Wildman–Crippen MR) is 102 cm³/mol. The van der Waals surface area contributed by atoms with Crippen LogP contribution >= 0.6 is 15.9 Å². The van der Waals surface area contributed by atoms with E-state index in [1.165, 1.54) is 6.20 Å². The van der Waals surface area contributed by atoms with Crippen molar-refractivity contribution in [2.45, 2.75) is 9.79 Å². The van der Waals surface area contributed by atoms with Crippen LogP contribution in [0.1, 0.15) is 0 Å². The molecule has 1 aromatic heterocycles. The van der Waals surface area contributed by atoms with Crippen LogP contribution in [0.15, 0.2) is 69.1 Å². The second-order valence-electron chi connectivity index (χ2n) is 5.72. The number of pyridine rings is 1. The maximum atomic E-state index is 14.2. The van der Waals surface area contributed by atoms with Crippen molar-refractivity contribution in [2.24, 2.45) is 0 Å². The van der Waals surface area contributed by atoms with Gasteiger partial charge in [0, 0.05) is 22.8 Å². The third-order valence-corrected chi connectivity index (χ3v) is 8.36. The van der Waals surface area contributed by atoms with Gasteiger partial charge in [0.15, 0.2) is 0 Å². The molecule has 0 unspecified atom stereocenters. The van der Waals surface area contributed by atoms with Gasteiger partial charge in [-0.25, -0.2) is 17.6 Å². The number of benzene rings is 2. The summed E-state index contributed by atoms with van der Waals surface area (Å²) >= 11 is 3.00. The average Bonchev–Trinajstić information content (AvgIpc) is 2.60. The number of aromatic nitrogens is 1. The van der Waals surface area contributed by atoms with Crippen LogP contribution in [-0.4, -0.2) is 21.8 Å². The lowest BCUT2D eigenvalue weighted by Crippen LogP contribution is -2.38. The number of hydrogen-bond acceptors (Lipinski definition) is 5. The predicted octanol–water partition coefficient (Wildman–Crippen LogP) is 3.98. The quantitative estimate of drug-likeness (QED) is 0.471. The van der Waals surface area contributed by atoms with Gasteiger partial charge in [-0.1, -0.05) is 0 Å². The molecule has 0 saturated heterocycles. The Morgan fingerprint density at radius 2 is 1.20 bits per heavy atom.